The summed E-state index contributed by atoms with van der Waals surface area (Å²) in [5, 5.41) is -0.469. The van der Waals surface area contributed by atoms with Crippen LogP contribution in [-0.4, -0.2) is 66.8 Å². The summed E-state index contributed by atoms with van der Waals surface area (Å²) in [4.78, 5) is 40.7. The van der Waals surface area contributed by atoms with E-state index in [1.54, 1.807) is 23.1 Å². The van der Waals surface area contributed by atoms with Gasteiger partial charge in [0.15, 0.2) is 11.5 Å². The van der Waals surface area contributed by atoms with E-state index in [-0.39, 0.29) is 17.4 Å². The molecular formula is C24H23BrN2O6S. The van der Waals surface area contributed by atoms with Crippen molar-refractivity contribution in [1.29, 1.82) is 0 Å². The molecule has 0 unspecified atom stereocenters. The quantitative estimate of drug-likeness (QED) is 0.486. The van der Waals surface area contributed by atoms with Crippen molar-refractivity contribution in [3.63, 3.8) is 0 Å². The lowest BCUT2D eigenvalue weighted by Crippen LogP contribution is -2.46. The van der Waals surface area contributed by atoms with E-state index in [1.165, 1.54) is 7.11 Å². The van der Waals surface area contributed by atoms with Crippen molar-refractivity contribution in [3.8, 4) is 11.5 Å². The number of morpholine rings is 1. The van der Waals surface area contributed by atoms with Gasteiger partial charge in [-0.05, 0) is 41.1 Å². The highest BCUT2D eigenvalue weighted by Crippen LogP contribution is 2.38. The second kappa shape index (κ2) is 11.1. The minimum atomic E-state index is -0.494. The molecule has 4 rings (SSSR count). The predicted octanol–water partition coefficient (Wildman–Crippen LogP) is 3.93. The lowest BCUT2D eigenvalue weighted by Gasteiger charge is -2.28. The van der Waals surface area contributed by atoms with Crippen LogP contribution in [-0.2, 0) is 20.9 Å². The van der Waals surface area contributed by atoms with Crippen molar-refractivity contribution in [1.82, 2.24) is 9.80 Å². The molecule has 0 aliphatic carbocycles. The highest BCUT2D eigenvalue weighted by molar-refractivity contribution is 9.10. The van der Waals surface area contributed by atoms with Crippen LogP contribution in [0.1, 0.15) is 11.1 Å². The molecule has 3 amide bonds. The fraction of sp³-hybridized carbons (Fsp3) is 0.292. The van der Waals surface area contributed by atoms with Gasteiger partial charge in [0.05, 0.1) is 25.2 Å². The van der Waals surface area contributed by atoms with Crippen LogP contribution in [0.25, 0.3) is 6.08 Å². The molecule has 2 aliphatic rings. The number of nitrogens with zero attached hydrogens (tertiary/aromatic N) is 2. The van der Waals surface area contributed by atoms with Crippen LogP contribution in [0, 0.1) is 0 Å². The summed E-state index contributed by atoms with van der Waals surface area (Å²) in [6, 6.07) is 13.3. The van der Waals surface area contributed by atoms with Gasteiger partial charge in [-0.1, -0.05) is 46.3 Å². The van der Waals surface area contributed by atoms with E-state index in [2.05, 4.69) is 15.9 Å². The second-order valence-electron chi connectivity index (χ2n) is 7.56. The van der Waals surface area contributed by atoms with Crippen LogP contribution in [0.15, 0.2) is 51.8 Å². The van der Waals surface area contributed by atoms with Gasteiger partial charge in [-0.3, -0.25) is 19.3 Å². The zero-order valence-corrected chi connectivity index (χ0v) is 20.9. The molecule has 2 aliphatic heterocycles. The van der Waals surface area contributed by atoms with E-state index in [0.717, 1.165) is 22.2 Å². The van der Waals surface area contributed by atoms with Crippen LogP contribution in [0.5, 0.6) is 11.5 Å². The summed E-state index contributed by atoms with van der Waals surface area (Å²) < 4.78 is 17.3. The Kier molecular flexibility index (Phi) is 7.91. The number of thioether (sulfide) groups is 1. The first-order valence-electron chi connectivity index (χ1n) is 10.6. The van der Waals surface area contributed by atoms with Crippen LogP contribution in [0.4, 0.5) is 4.79 Å². The molecule has 0 N–H and O–H groups in total. The van der Waals surface area contributed by atoms with E-state index in [9.17, 15) is 14.4 Å². The number of rotatable bonds is 7. The van der Waals surface area contributed by atoms with Crippen LogP contribution in [0.3, 0.4) is 0 Å². The van der Waals surface area contributed by atoms with E-state index in [1.807, 2.05) is 30.3 Å². The Morgan fingerprint density at radius 1 is 1.15 bits per heavy atom. The molecule has 0 radical (unpaired) electrons. The Morgan fingerprint density at radius 3 is 2.59 bits per heavy atom. The fourth-order valence-corrected chi connectivity index (χ4v) is 4.76. The standard InChI is InChI=1S/C24H23BrN2O6S/c1-31-19-11-17(18(25)13-20(19)33-15-16-5-3-2-4-6-16)12-21-23(29)27(24(30)34-21)14-22(28)26-7-9-32-10-8-26/h2-6,11-13H,7-10,14-15H2,1H3/b21-12+. The first kappa shape index (κ1) is 24.3. The van der Waals surface area contributed by atoms with Crippen molar-refractivity contribution < 1.29 is 28.6 Å². The Hall–Kier alpha value is -2.82. The average Bonchev–Trinajstić information content (AvgIpc) is 3.12. The number of halogens is 1. The smallest absolute Gasteiger partial charge is 0.294 e. The number of benzene rings is 2. The minimum Gasteiger partial charge on any atom is -0.493 e. The SMILES string of the molecule is COc1cc(/C=C2/SC(=O)N(CC(=O)N3CCOCC3)C2=O)c(Br)cc1OCc1ccccc1. The van der Waals surface area contributed by atoms with Gasteiger partial charge in [0.25, 0.3) is 11.1 Å². The van der Waals surface area contributed by atoms with Gasteiger partial charge in [-0.2, -0.15) is 0 Å². The van der Waals surface area contributed by atoms with E-state index in [0.29, 0.717) is 54.4 Å². The average molecular weight is 547 g/mol. The molecule has 0 bridgehead atoms. The first-order chi connectivity index (χ1) is 16.5. The number of ether oxygens (including phenoxy) is 3. The lowest BCUT2D eigenvalue weighted by molar-refractivity contribution is -0.139. The number of imide groups is 1. The topological polar surface area (TPSA) is 85.4 Å². The lowest BCUT2D eigenvalue weighted by atomic mass is 10.1. The van der Waals surface area contributed by atoms with E-state index < -0.39 is 11.1 Å². The molecular weight excluding hydrogens is 524 g/mol. The monoisotopic (exact) mass is 546 g/mol. The Bertz CT molecular complexity index is 1120. The molecule has 0 aromatic heterocycles. The summed E-state index contributed by atoms with van der Waals surface area (Å²) in [6.45, 7) is 1.91. The van der Waals surface area contributed by atoms with Gasteiger partial charge in [-0.15, -0.1) is 0 Å². The highest BCUT2D eigenvalue weighted by atomic mass is 79.9. The number of hydrogen-bond donors (Lipinski definition) is 0. The molecule has 2 saturated heterocycles. The van der Waals surface area contributed by atoms with E-state index >= 15 is 0 Å². The molecule has 2 aromatic carbocycles. The van der Waals surface area contributed by atoms with Crippen LogP contribution >= 0.6 is 27.7 Å². The molecule has 8 nitrogen and oxygen atoms in total. The molecule has 34 heavy (non-hydrogen) atoms. The minimum absolute atomic E-state index is 0.237. The maximum Gasteiger partial charge on any atom is 0.294 e. The number of methoxy groups -OCH3 is 1. The summed E-state index contributed by atoms with van der Waals surface area (Å²) in [5.74, 6) is 0.271. The Balaban J connectivity index is 1.48. The van der Waals surface area contributed by atoms with Crippen molar-refractivity contribution in [3.05, 3.63) is 63.0 Å². The number of carbonyl (C=O) groups excluding carboxylic acids is 3. The molecule has 0 spiro atoms. The molecule has 2 aromatic rings. The molecule has 2 fully saturated rings. The predicted molar refractivity (Wildman–Crippen MR) is 132 cm³/mol. The molecule has 0 saturated carbocycles. The van der Waals surface area contributed by atoms with Crippen molar-refractivity contribution >= 4 is 50.8 Å². The van der Waals surface area contributed by atoms with Crippen LogP contribution in [0.2, 0.25) is 0 Å². The Morgan fingerprint density at radius 2 is 1.88 bits per heavy atom. The maximum atomic E-state index is 12.9. The third-order valence-corrected chi connectivity index (χ3v) is 6.93. The largest absolute Gasteiger partial charge is 0.493 e. The van der Waals surface area contributed by atoms with Gasteiger partial charge >= 0.3 is 0 Å². The van der Waals surface area contributed by atoms with Crippen molar-refractivity contribution in [2.75, 3.05) is 40.0 Å². The second-order valence-corrected chi connectivity index (χ2v) is 9.41. The number of carbonyl (C=O) groups is 3. The summed E-state index contributed by atoms with van der Waals surface area (Å²) in [6.07, 6.45) is 1.61. The molecule has 178 valence electrons. The summed E-state index contributed by atoms with van der Waals surface area (Å²) in [7, 11) is 1.54. The van der Waals surface area contributed by atoms with Gasteiger partial charge in [0, 0.05) is 17.6 Å². The summed E-state index contributed by atoms with van der Waals surface area (Å²) in [5.41, 5.74) is 1.67. The van der Waals surface area contributed by atoms with Gasteiger partial charge in [0.1, 0.15) is 13.2 Å². The number of amides is 3. The zero-order chi connectivity index (χ0) is 24.1. The van der Waals surface area contributed by atoms with Crippen LogP contribution < -0.4 is 9.47 Å². The molecule has 10 heteroatoms. The third-order valence-electron chi connectivity index (χ3n) is 5.34. The first-order valence-corrected chi connectivity index (χ1v) is 12.2. The molecule has 2 heterocycles. The van der Waals surface area contributed by atoms with Crippen molar-refractivity contribution in [2.45, 2.75) is 6.61 Å². The fourth-order valence-electron chi connectivity index (χ4n) is 3.49. The van der Waals surface area contributed by atoms with E-state index in [4.69, 9.17) is 14.2 Å². The van der Waals surface area contributed by atoms with Gasteiger partial charge < -0.3 is 19.1 Å². The summed E-state index contributed by atoms with van der Waals surface area (Å²) >= 11 is 4.32. The normalized spacial score (nSPS) is 17.4. The maximum absolute atomic E-state index is 12.9. The number of hydrogen-bond acceptors (Lipinski definition) is 7. The van der Waals surface area contributed by atoms with Gasteiger partial charge in [-0.25, -0.2) is 0 Å². The molecule has 0 atom stereocenters. The third kappa shape index (κ3) is 5.63. The highest BCUT2D eigenvalue weighted by Gasteiger charge is 2.37. The van der Waals surface area contributed by atoms with Gasteiger partial charge in [0.2, 0.25) is 5.91 Å². The Labute approximate surface area is 210 Å². The van der Waals surface area contributed by atoms with Crippen molar-refractivity contribution in [2.24, 2.45) is 0 Å². The zero-order valence-electron chi connectivity index (χ0n) is 18.5.